The molecule has 0 aliphatic rings. The minimum atomic E-state index is -0.424. The highest BCUT2D eigenvalue weighted by molar-refractivity contribution is 6.54. The van der Waals surface area contributed by atoms with E-state index < -0.39 is 6.29 Å². The van der Waals surface area contributed by atoms with Crippen LogP contribution in [-0.4, -0.2) is 17.9 Å². The van der Waals surface area contributed by atoms with Crippen LogP contribution in [0, 0.1) is 0 Å². The molecule has 1 aromatic heterocycles. The SMILES string of the molecule is CCOC(C)ONC(=C(Cl)c1cnccc1Cl)c1ccccc1. The number of rotatable bonds is 7. The van der Waals surface area contributed by atoms with Crippen LogP contribution in [0.4, 0.5) is 0 Å². The number of hydroxylamine groups is 1. The molecule has 2 rings (SSSR count). The summed E-state index contributed by atoms with van der Waals surface area (Å²) < 4.78 is 5.35. The molecule has 0 amide bonds. The molecule has 0 fully saturated rings. The summed E-state index contributed by atoms with van der Waals surface area (Å²) in [5, 5.41) is 0.927. The third-order valence-electron chi connectivity index (χ3n) is 3.01. The number of hydrogen-bond donors (Lipinski definition) is 1. The Labute approximate surface area is 146 Å². The lowest BCUT2D eigenvalue weighted by Crippen LogP contribution is -2.23. The van der Waals surface area contributed by atoms with Gasteiger partial charge in [-0.3, -0.25) is 10.5 Å². The summed E-state index contributed by atoms with van der Waals surface area (Å²) in [6.45, 7) is 4.25. The lowest BCUT2D eigenvalue weighted by atomic mass is 10.1. The highest BCUT2D eigenvalue weighted by Crippen LogP contribution is 2.31. The maximum Gasteiger partial charge on any atom is 0.180 e. The maximum absolute atomic E-state index is 6.54. The van der Waals surface area contributed by atoms with Crippen molar-refractivity contribution in [2.45, 2.75) is 20.1 Å². The fraction of sp³-hybridized carbons (Fsp3) is 0.235. The van der Waals surface area contributed by atoms with Crippen molar-refractivity contribution in [2.75, 3.05) is 6.61 Å². The van der Waals surface area contributed by atoms with E-state index in [4.69, 9.17) is 32.8 Å². The van der Waals surface area contributed by atoms with Gasteiger partial charge in [0.05, 0.1) is 15.8 Å². The van der Waals surface area contributed by atoms with Gasteiger partial charge in [-0.25, -0.2) is 4.84 Å². The van der Waals surface area contributed by atoms with Crippen LogP contribution < -0.4 is 5.48 Å². The second-order valence-corrected chi connectivity index (χ2v) is 5.44. The summed E-state index contributed by atoms with van der Waals surface area (Å²) in [5.41, 5.74) is 4.96. The molecule has 0 bridgehead atoms. The van der Waals surface area contributed by atoms with Crippen molar-refractivity contribution < 1.29 is 9.57 Å². The first-order valence-corrected chi connectivity index (χ1v) is 7.97. The Hall–Kier alpha value is -1.59. The molecule has 1 aromatic carbocycles. The molecule has 0 saturated carbocycles. The first-order chi connectivity index (χ1) is 11.1. The van der Waals surface area contributed by atoms with E-state index in [9.17, 15) is 0 Å². The predicted octanol–water partition coefficient (Wildman–Crippen LogP) is 4.70. The van der Waals surface area contributed by atoms with Gasteiger partial charge in [-0.2, -0.15) is 0 Å². The molecule has 0 saturated heterocycles. The van der Waals surface area contributed by atoms with Crippen LogP contribution in [0.15, 0.2) is 48.8 Å². The molecular formula is C17H18Cl2N2O2. The minimum absolute atomic E-state index is 0.415. The topological polar surface area (TPSA) is 43.4 Å². The van der Waals surface area contributed by atoms with Gasteiger partial charge in [-0.1, -0.05) is 53.5 Å². The fourth-order valence-electron chi connectivity index (χ4n) is 1.92. The Balaban J connectivity index is 2.37. The van der Waals surface area contributed by atoms with Crippen LogP contribution in [0.25, 0.3) is 10.7 Å². The quantitative estimate of drug-likeness (QED) is 0.579. The van der Waals surface area contributed by atoms with Crippen molar-refractivity contribution in [3.63, 3.8) is 0 Å². The average Bonchev–Trinajstić information content (AvgIpc) is 2.56. The molecule has 0 aliphatic heterocycles. The third kappa shape index (κ3) is 4.94. The van der Waals surface area contributed by atoms with Crippen molar-refractivity contribution in [1.82, 2.24) is 10.5 Å². The standard InChI is InChI=1S/C17H18Cl2N2O2/c1-3-22-12(2)23-21-17(13-7-5-4-6-8-13)16(19)14-11-20-10-9-15(14)18/h4-12,21H,3H2,1-2H3. The summed E-state index contributed by atoms with van der Waals surface area (Å²) in [6, 6.07) is 11.3. The number of pyridine rings is 1. The second-order valence-electron chi connectivity index (χ2n) is 4.65. The molecule has 6 heteroatoms. The Morgan fingerprint density at radius 2 is 2.00 bits per heavy atom. The molecule has 0 aliphatic carbocycles. The van der Waals surface area contributed by atoms with E-state index in [1.54, 1.807) is 25.4 Å². The number of halogens is 2. The van der Waals surface area contributed by atoms with Gasteiger partial charge in [0.2, 0.25) is 0 Å². The molecule has 0 radical (unpaired) electrons. The zero-order valence-corrected chi connectivity index (χ0v) is 14.4. The normalized spacial score (nSPS) is 13.4. The number of nitrogens with one attached hydrogen (secondary N) is 1. The summed E-state index contributed by atoms with van der Waals surface area (Å²) in [7, 11) is 0. The van der Waals surface area contributed by atoms with Gasteiger partial charge >= 0.3 is 0 Å². The Kier molecular flexibility index (Phi) is 6.86. The molecule has 23 heavy (non-hydrogen) atoms. The number of benzene rings is 1. The van der Waals surface area contributed by atoms with E-state index in [2.05, 4.69) is 10.5 Å². The average molecular weight is 353 g/mol. The fourth-order valence-corrected chi connectivity index (χ4v) is 2.47. The lowest BCUT2D eigenvalue weighted by Gasteiger charge is -2.18. The molecule has 1 atom stereocenters. The second kappa shape index (κ2) is 8.89. The van der Waals surface area contributed by atoms with Crippen molar-refractivity contribution in [3.8, 4) is 0 Å². The Morgan fingerprint density at radius 1 is 1.26 bits per heavy atom. The van der Waals surface area contributed by atoms with Gasteiger partial charge in [0.15, 0.2) is 6.29 Å². The van der Waals surface area contributed by atoms with Crippen LogP contribution in [0.3, 0.4) is 0 Å². The van der Waals surface area contributed by atoms with Crippen LogP contribution >= 0.6 is 23.2 Å². The number of nitrogens with zero attached hydrogens (tertiary/aromatic N) is 1. The summed E-state index contributed by atoms with van der Waals surface area (Å²) in [6.07, 6.45) is 2.80. The van der Waals surface area contributed by atoms with Crippen LogP contribution in [0.5, 0.6) is 0 Å². The van der Waals surface area contributed by atoms with Crippen LogP contribution in [0.1, 0.15) is 25.0 Å². The van der Waals surface area contributed by atoms with Crippen molar-refractivity contribution in [3.05, 3.63) is 64.9 Å². The lowest BCUT2D eigenvalue weighted by molar-refractivity contribution is -0.152. The van der Waals surface area contributed by atoms with E-state index in [1.165, 1.54) is 0 Å². The van der Waals surface area contributed by atoms with Crippen LogP contribution in [-0.2, 0) is 9.57 Å². The minimum Gasteiger partial charge on any atom is -0.351 e. The monoisotopic (exact) mass is 352 g/mol. The summed E-state index contributed by atoms with van der Waals surface area (Å²) >= 11 is 12.8. The van der Waals surface area contributed by atoms with Gasteiger partial charge < -0.3 is 4.74 Å². The molecule has 1 heterocycles. The van der Waals surface area contributed by atoms with E-state index in [0.717, 1.165) is 5.56 Å². The number of hydrogen-bond acceptors (Lipinski definition) is 4. The van der Waals surface area contributed by atoms with E-state index in [-0.39, 0.29) is 0 Å². The predicted molar refractivity (Wildman–Crippen MR) is 93.7 cm³/mol. The van der Waals surface area contributed by atoms with Gasteiger partial charge in [-0.05, 0) is 19.9 Å². The molecule has 4 nitrogen and oxygen atoms in total. The summed E-state index contributed by atoms with van der Waals surface area (Å²) in [4.78, 5) is 9.57. The van der Waals surface area contributed by atoms with E-state index >= 15 is 0 Å². The molecule has 2 aromatic rings. The van der Waals surface area contributed by atoms with Crippen molar-refractivity contribution in [2.24, 2.45) is 0 Å². The van der Waals surface area contributed by atoms with Gasteiger partial charge in [0.25, 0.3) is 0 Å². The first kappa shape index (κ1) is 17.8. The van der Waals surface area contributed by atoms with E-state index in [1.807, 2.05) is 37.3 Å². The van der Waals surface area contributed by atoms with Crippen LogP contribution in [0.2, 0.25) is 5.02 Å². The Morgan fingerprint density at radius 3 is 2.65 bits per heavy atom. The largest absolute Gasteiger partial charge is 0.351 e. The highest BCUT2D eigenvalue weighted by Gasteiger charge is 2.14. The van der Waals surface area contributed by atoms with Crippen molar-refractivity contribution in [1.29, 1.82) is 0 Å². The molecule has 122 valence electrons. The van der Waals surface area contributed by atoms with Gasteiger partial charge in [-0.15, -0.1) is 0 Å². The molecule has 1 N–H and O–H groups in total. The molecular weight excluding hydrogens is 335 g/mol. The number of aromatic nitrogens is 1. The zero-order chi connectivity index (χ0) is 16.7. The third-order valence-corrected chi connectivity index (χ3v) is 3.74. The van der Waals surface area contributed by atoms with E-state index in [0.29, 0.717) is 27.9 Å². The van der Waals surface area contributed by atoms with Crippen molar-refractivity contribution >= 4 is 33.9 Å². The maximum atomic E-state index is 6.54. The smallest absolute Gasteiger partial charge is 0.180 e. The van der Waals surface area contributed by atoms with Gasteiger partial charge in [0, 0.05) is 30.1 Å². The highest BCUT2D eigenvalue weighted by atomic mass is 35.5. The summed E-state index contributed by atoms with van der Waals surface area (Å²) in [5.74, 6) is 0. The first-order valence-electron chi connectivity index (χ1n) is 7.21. The van der Waals surface area contributed by atoms with Gasteiger partial charge in [0.1, 0.15) is 0 Å². The Bertz CT molecular complexity index is 663. The zero-order valence-electron chi connectivity index (χ0n) is 12.9. The molecule has 1 unspecified atom stereocenters. The molecule has 0 spiro atoms. The number of ether oxygens (including phenoxy) is 1.